The highest BCUT2D eigenvalue weighted by molar-refractivity contribution is 7.89. The van der Waals surface area contributed by atoms with Crippen molar-refractivity contribution in [3.05, 3.63) is 12.0 Å². The van der Waals surface area contributed by atoms with Crippen molar-refractivity contribution in [2.75, 3.05) is 0 Å². The maximum atomic E-state index is 12.2. The van der Waals surface area contributed by atoms with Crippen LogP contribution in [0.3, 0.4) is 0 Å². The Morgan fingerprint density at radius 3 is 2.50 bits per heavy atom. The average molecular weight is 323 g/mol. The van der Waals surface area contributed by atoms with Gasteiger partial charge in [0.2, 0.25) is 0 Å². The number of aromatic nitrogens is 2. The number of halogens is 1. The summed E-state index contributed by atoms with van der Waals surface area (Å²) in [5.74, 6) is 0.716. The van der Waals surface area contributed by atoms with Gasteiger partial charge in [0.25, 0.3) is 10.0 Å². The van der Waals surface area contributed by atoms with E-state index in [0.717, 1.165) is 25.7 Å². The maximum Gasteiger partial charge on any atom is 0.259 e. The van der Waals surface area contributed by atoms with Gasteiger partial charge in [-0.25, -0.2) is 18.1 Å². The molecular formula is C12H23ClN4O2S. The Balaban J connectivity index is 0.00000200. The second-order valence-corrected chi connectivity index (χ2v) is 6.81. The molecule has 2 rings (SSSR count). The lowest BCUT2D eigenvalue weighted by Crippen LogP contribution is -2.40. The van der Waals surface area contributed by atoms with E-state index in [2.05, 4.69) is 9.71 Å². The SMILES string of the molecule is CCn1cc(S(=O)(=O)NC2CCC(N)CC2)nc1C.Cl. The summed E-state index contributed by atoms with van der Waals surface area (Å²) in [5, 5.41) is 0.113. The van der Waals surface area contributed by atoms with Crippen molar-refractivity contribution in [3.63, 3.8) is 0 Å². The molecule has 1 fully saturated rings. The van der Waals surface area contributed by atoms with Crippen molar-refractivity contribution in [2.24, 2.45) is 5.73 Å². The van der Waals surface area contributed by atoms with Gasteiger partial charge in [-0.1, -0.05) is 0 Å². The van der Waals surface area contributed by atoms with Gasteiger partial charge in [-0.15, -0.1) is 12.4 Å². The lowest BCUT2D eigenvalue weighted by Gasteiger charge is -2.26. The third kappa shape index (κ3) is 3.94. The highest BCUT2D eigenvalue weighted by Crippen LogP contribution is 2.19. The summed E-state index contributed by atoms with van der Waals surface area (Å²) in [5.41, 5.74) is 5.82. The first-order valence-corrected chi connectivity index (χ1v) is 8.22. The minimum atomic E-state index is -3.51. The van der Waals surface area contributed by atoms with Gasteiger partial charge in [-0.3, -0.25) is 0 Å². The monoisotopic (exact) mass is 322 g/mol. The number of rotatable bonds is 4. The van der Waals surface area contributed by atoms with Gasteiger partial charge in [0.15, 0.2) is 5.03 Å². The molecular weight excluding hydrogens is 300 g/mol. The van der Waals surface area contributed by atoms with Crippen LogP contribution in [0.15, 0.2) is 11.2 Å². The number of hydrogen-bond donors (Lipinski definition) is 2. The van der Waals surface area contributed by atoms with E-state index in [1.807, 2.05) is 18.4 Å². The molecule has 116 valence electrons. The fourth-order valence-corrected chi connectivity index (χ4v) is 3.76. The van der Waals surface area contributed by atoms with Crippen LogP contribution in [0.4, 0.5) is 0 Å². The highest BCUT2D eigenvalue weighted by Gasteiger charge is 2.26. The van der Waals surface area contributed by atoms with Gasteiger partial charge in [0.1, 0.15) is 5.82 Å². The molecule has 0 amide bonds. The van der Waals surface area contributed by atoms with E-state index in [9.17, 15) is 8.42 Å². The first-order chi connectivity index (χ1) is 8.92. The van der Waals surface area contributed by atoms with Crippen LogP contribution in [0.25, 0.3) is 0 Å². The normalized spacial score (nSPS) is 23.4. The minimum Gasteiger partial charge on any atom is -0.334 e. The lowest BCUT2D eigenvalue weighted by atomic mass is 9.93. The van der Waals surface area contributed by atoms with Gasteiger partial charge >= 0.3 is 0 Å². The van der Waals surface area contributed by atoms with Crippen molar-refractivity contribution in [1.82, 2.24) is 14.3 Å². The Kier molecular flexibility index (Phi) is 6.00. The van der Waals surface area contributed by atoms with Crippen LogP contribution in [-0.2, 0) is 16.6 Å². The van der Waals surface area contributed by atoms with Crippen molar-refractivity contribution >= 4 is 22.4 Å². The molecule has 0 aromatic carbocycles. The first-order valence-electron chi connectivity index (χ1n) is 6.74. The molecule has 0 unspecified atom stereocenters. The van der Waals surface area contributed by atoms with E-state index in [1.165, 1.54) is 0 Å². The van der Waals surface area contributed by atoms with Crippen LogP contribution in [0.1, 0.15) is 38.4 Å². The van der Waals surface area contributed by atoms with Crippen LogP contribution in [0.5, 0.6) is 0 Å². The van der Waals surface area contributed by atoms with Crippen LogP contribution < -0.4 is 10.5 Å². The van der Waals surface area contributed by atoms with E-state index in [4.69, 9.17) is 5.73 Å². The zero-order chi connectivity index (χ0) is 14.0. The second-order valence-electron chi connectivity index (χ2n) is 5.15. The van der Waals surface area contributed by atoms with E-state index in [0.29, 0.717) is 12.4 Å². The number of nitrogens with two attached hydrogens (primary N) is 1. The summed E-state index contributed by atoms with van der Waals surface area (Å²) in [6.45, 7) is 4.48. The average Bonchev–Trinajstić information content (AvgIpc) is 2.74. The summed E-state index contributed by atoms with van der Waals surface area (Å²) < 4.78 is 29.1. The van der Waals surface area contributed by atoms with Gasteiger partial charge in [-0.05, 0) is 39.5 Å². The van der Waals surface area contributed by atoms with E-state index < -0.39 is 10.0 Å². The van der Waals surface area contributed by atoms with Crippen molar-refractivity contribution < 1.29 is 8.42 Å². The largest absolute Gasteiger partial charge is 0.334 e. The Labute approximate surface area is 126 Å². The third-order valence-corrected chi connectivity index (χ3v) is 5.05. The molecule has 1 aromatic rings. The van der Waals surface area contributed by atoms with Crippen molar-refractivity contribution in [1.29, 1.82) is 0 Å². The fourth-order valence-electron chi connectivity index (χ4n) is 2.45. The van der Waals surface area contributed by atoms with Gasteiger partial charge in [0, 0.05) is 24.8 Å². The molecule has 1 saturated carbocycles. The second kappa shape index (κ2) is 6.89. The van der Waals surface area contributed by atoms with E-state index >= 15 is 0 Å². The molecule has 0 radical (unpaired) electrons. The smallest absolute Gasteiger partial charge is 0.259 e. The Morgan fingerprint density at radius 2 is 2.00 bits per heavy atom. The molecule has 0 aliphatic heterocycles. The Morgan fingerprint density at radius 1 is 1.40 bits per heavy atom. The third-order valence-electron chi connectivity index (χ3n) is 3.66. The summed E-state index contributed by atoms with van der Waals surface area (Å²) in [4.78, 5) is 4.12. The molecule has 1 aliphatic carbocycles. The zero-order valence-electron chi connectivity index (χ0n) is 11.9. The van der Waals surface area contributed by atoms with Crippen LogP contribution in [-0.4, -0.2) is 30.1 Å². The molecule has 0 bridgehead atoms. The van der Waals surface area contributed by atoms with E-state index in [-0.39, 0.29) is 29.5 Å². The zero-order valence-corrected chi connectivity index (χ0v) is 13.5. The number of imidazole rings is 1. The molecule has 8 heteroatoms. The summed E-state index contributed by atoms with van der Waals surface area (Å²) in [6.07, 6.45) is 4.93. The molecule has 1 heterocycles. The standard InChI is InChI=1S/C12H22N4O2S.ClH/c1-3-16-8-12(14-9(16)2)19(17,18)15-11-6-4-10(13)5-7-11;/h8,10-11,15H,3-7,13H2,1-2H3;1H. The van der Waals surface area contributed by atoms with Crippen LogP contribution in [0, 0.1) is 6.92 Å². The topological polar surface area (TPSA) is 90.0 Å². The number of nitrogens with zero attached hydrogens (tertiary/aromatic N) is 2. The number of aryl methyl sites for hydroxylation is 2. The predicted octanol–water partition coefficient (Wildman–Crippen LogP) is 1.18. The number of hydrogen-bond acceptors (Lipinski definition) is 4. The molecule has 1 aliphatic rings. The molecule has 20 heavy (non-hydrogen) atoms. The van der Waals surface area contributed by atoms with Gasteiger partial charge < -0.3 is 10.3 Å². The predicted molar refractivity (Wildman–Crippen MR) is 80.4 cm³/mol. The van der Waals surface area contributed by atoms with Crippen molar-refractivity contribution in [2.45, 2.75) is 63.2 Å². The first kappa shape index (κ1) is 17.4. The molecule has 0 saturated heterocycles. The molecule has 0 atom stereocenters. The Bertz CT molecular complexity index is 536. The molecule has 6 nitrogen and oxygen atoms in total. The molecule has 3 N–H and O–H groups in total. The molecule has 1 aromatic heterocycles. The summed E-state index contributed by atoms with van der Waals surface area (Å²) >= 11 is 0. The quantitative estimate of drug-likeness (QED) is 0.871. The summed E-state index contributed by atoms with van der Waals surface area (Å²) in [7, 11) is -3.51. The van der Waals surface area contributed by atoms with Crippen LogP contribution >= 0.6 is 12.4 Å². The van der Waals surface area contributed by atoms with Gasteiger partial charge in [-0.2, -0.15) is 0 Å². The molecule has 0 spiro atoms. The maximum absolute atomic E-state index is 12.2. The lowest BCUT2D eigenvalue weighted by molar-refractivity contribution is 0.373. The van der Waals surface area contributed by atoms with Gasteiger partial charge in [0.05, 0.1) is 0 Å². The number of sulfonamides is 1. The van der Waals surface area contributed by atoms with Crippen LogP contribution in [0.2, 0.25) is 0 Å². The van der Waals surface area contributed by atoms with E-state index in [1.54, 1.807) is 6.20 Å². The highest BCUT2D eigenvalue weighted by atomic mass is 35.5. The van der Waals surface area contributed by atoms with Crippen molar-refractivity contribution in [3.8, 4) is 0 Å². The number of nitrogens with one attached hydrogen (secondary N) is 1. The Hall–Kier alpha value is -0.630. The minimum absolute atomic E-state index is 0. The summed E-state index contributed by atoms with van der Waals surface area (Å²) in [6, 6.07) is 0.194. The fraction of sp³-hybridized carbons (Fsp3) is 0.750.